The number of carbonyl (C=O) groups excluding carboxylic acids is 2. The fourth-order valence-corrected chi connectivity index (χ4v) is 4.49. The Bertz CT molecular complexity index is 1510. The van der Waals surface area contributed by atoms with Gasteiger partial charge in [0.15, 0.2) is 0 Å². The van der Waals surface area contributed by atoms with Gasteiger partial charge in [-0.2, -0.15) is 14.6 Å². The molecule has 0 saturated carbocycles. The van der Waals surface area contributed by atoms with Crippen LogP contribution in [0, 0.1) is 6.92 Å². The summed E-state index contributed by atoms with van der Waals surface area (Å²) in [6.45, 7) is 2.04. The number of aromatic nitrogens is 4. The van der Waals surface area contributed by atoms with Crippen molar-refractivity contribution in [2.45, 2.75) is 32.4 Å². The lowest BCUT2D eigenvalue weighted by Crippen LogP contribution is -2.30. The van der Waals surface area contributed by atoms with Gasteiger partial charge in [0.1, 0.15) is 17.7 Å². The summed E-state index contributed by atoms with van der Waals surface area (Å²) in [5, 5.41) is 19.2. The molecule has 0 radical (unpaired) electrons. The van der Waals surface area contributed by atoms with Gasteiger partial charge in [-0.05, 0) is 60.2 Å². The fraction of sp³-hybridized carbons (Fsp3) is 0.200. The van der Waals surface area contributed by atoms with Crippen LogP contribution in [-0.4, -0.2) is 42.5 Å². The molecule has 0 aliphatic heterocycles. The first-order valence-corrected chi connectivity index (χ1v) is 11.3. The van der Waals surface area contributed by atoms with Gasteiger partial charge in [0.05, 0.1) is 11.6 Å². The summed E-state index contributed by atoms with van der Waals surface area (Å²) >= 11 is 0. The number of carboxylic acids is 1. The number of amides is 2. The minimum Gasteiger partial charge on any atom is -0.478 e. The molecule has 4 aromatic rings. The minimum atomic E-state index is -0.977. The average Bonchev–Trinajstić information content (AvgIpc) is 3.50. The van der Waals surface area contributed by atoms with Crippen LogP contribution in [0.5, 0.6) is 0 Å². The number of carbonyl (C=O) groups is 3. The molecule has 2 aromatic heterocycles. The maximum Gasteiger partial charge on any atom is 0.335 e. The number of hydrogen-bond donors (Lipinski definition) is 4. The summed E-state index contributed by atoms with van der Waals surface area (Å²) in [4.78, 5) is 45.9. The normalized spacial score (nSPS) is 14.4. The third kappa shape index (κ3) is 4.22. The van der Waals surface area contributed by atoms with Crippen LogP contribution in [0.2, 0.25) is 0 Å². The topological polar surface area (TPSA) is 165 Å². The van der Waals surface area contributed by atoms with Crippen LogP contribution in [0.3, 0.4) is 0 Å². The van der Waals surface area contributed by atoms with E-state index in [0.29, 0.717) is 24.1 Å². The zero-order valence-electron chi connectivity index (χ0n) is 19.4. The Hall–Kier alpha value is -4.80. The molecule has 5 rings (SSSR count). The zero-order chi connectivity index (χ0) is 25.4. The molecule has 11 nitrogen and oxygen atoms in total. The third-order valence-corrected chi connectivity index (χ3v) is 6.38. The van der Waals surface area contributed by atoms with Crippen LogP contribution in [-0.2, 0) is 13.0 Å². The van der Waals surface area contributed by atoms with E-state index in [0.717, 1.165) is 16.7 Å². The van der Waals surface area contributed by atoms with Crippen LogP contribution < -0.4 is 16.4 Å². The van der Waals surface area contributed by atoms with Gasteiger partial charge in [0.2, 0.25) is 0 Å². The molecule has 2 amide bonds. The smallest absolute Gasteiger partial charge is 0.335 e. The molecule has 1 atom stereocenters. The van der Waals surface area contributed by atoms with Crippen molar-refractivity contribution in [1.82, 2.24) is 30.2 Å². The van der Waals surface area contributed by atoms with Gasteiger partial charge in [0, 0.05) is 18.3 Å². The molecule has 1 aliphatic rings. The minimum absolute atomic E-state index is 0.0323. The van der Waals surface area contributed by atoms with Gasteiger partial charge >= 0.3 is 5.97 Å². The molecule has 1 aliphatic carbocycles. The highest BCUT2D eigenvalue weighted by Crippen LogP contribution is 2.34. The second-order valence-corrected chi connectivity index (χ2v) is 8.60. The number of benzene rings is 2. The van der Waals surface area contributed by atoms with Crippen LogP contribution in [0.1, 0.15) is 66.1 Å². The molecule has 36 heavy (non-hydrogen) atoms. The molecule has 182 valence electrons. The number of carboxylic acid groups (broad SMARTS) is 1. The monoisotopic (exact) mass is 485 g/mol. The van der Waals surface area contributed by atoms with Crippen LogP contribution in [0.4, 0.5) is 5.69 Å². The van der Waals surface area contributed by atoms with E-state index in [1.165, 1.54) is 16.9 Å². The summed E-state index contributed by atoms with van der Waals surface area (Å²) in [6, 6.07) is 11.5. The lowest BCUT2D eigenvalue weighted by atomic mass is 9.98. The van der Waals surface area contributed by atoms with Crippen molar-refractivity contribution in [3.8, 4) is 0 Å². The third-order valence-electron chi connectivity index (χ3n) is 6.38. The number of rotatable bonds is 6. The Kier molecular flexibility index (Phi) is 5.80. The Morgan fingerprint density at radius 2 is 1.92 bits per heavy atom. The second kappa shape index (κ2) is 9.10. The van der Waals surface area contributed by atoms with E-state index in [9.17, 15) is 19.5 Å². The number of anilines is 1. The molecule has 0 saturated heterocycles. The molecule has 0 unspecified atom stereocenters. The van der Waals surface area contributed by atoms with E-state index < -0.39 is 17.8 Å². The average molecular weight is 486 g/mol. The highest BCUT2D eigenvalue weighted by molar-refractivity contribution is 5.98. The van der Waals surface area contributed by atoms with E-state index in [1.807, 2.05) is 12.1 Å². The van der Waals surface area contributed by atoms with Crippen molar-refractivity contribution in [2.75, 3.05) is 5.73 Å². The molecule has 5 N–H and O–H groups in total. The van der Waals surface area contributed by atoms with Crippen molar-refractivity contribution in [3.63, 3.8) is 0 Å². The van der Waals surface area contributed by atoms with Crippen LogP contribution >= 0.6 is 0 Å². The zero-order valence-corrected chi connectivity index (χ0v) is 19.4. The van der Waals surface area contributed by atoms with E-state index in [2.05, 4.69) is 25.7 Å². The molecule has 0 fully saturated rings. The van der Waals surface area contributed by atoms with E-state index >= 15 is 0 Å². The number of nitrogens with two attached hydrogens (primary N) is 1. The Morgan fingerprint density at radius 3 is 2.67 bits per heavy atom. The first kappa shape index (κ1) is 23.0. The molecular formula is C25H23N7O4. The highest BCUT2D eigenvalue weighted by Gasteiger charge is 2.29. The van der Waals surface area contributed by atoms with Gasteiger partial charge in [0.25, 0.3) is 17.6 Å². The predicted octanol–water partition coefficient (Wildman–Crippen LogP) is 2.06. The van der Waals surface area contributed by atoms with E-state index in [-0.39, 0.29) is 35.3 Å². The van der Waals surface area contributed by atoms with Gasteiger partial charge in [-0.15, -0.1) is 0 Å². The Balaban J connectivity index is 1.38. The Labute approximate surface area is 205 Å². The first-order valence-electron chi connectivity index (χ1n) is 11.3. The summed E-state index contributed by atoms with van der Waals surface area (Å²) in [5.41, 5.74) is 10.1. The van der Waals surface area contributed by atoms with Crippen molar-refractivity contribution >= 4 is 29.2 Å². The number of nitrogens with one attached hydrogen (secondary N) is 2. The van der Waals surface area contributed by atoms with Gasteiger partial charge < -0.3 is 21.5 Å². The van der Waals surface area contributed by atoms with E-state index in [1.54, 1.807) is 31.2 Å². The van der Waals surface area contributed by atoms with Crippen LogP contribution in [0.15, 0.2) is 48.8 Å². The number of aromatic carboxylic acids is 1. The van der Waals surface area contributed by atoms with Gasteiger partial charge in [-0.3, -0.25) is 9.59 Å². The van der Waals surface area contributed by atoms with Crippen molar-refractivity contribution in [3.05, 3.63) is 88.0 Å². The predicted molar refractivity (Wildman–Crippen MR) is 129 cm³/mol. The SMILES string of the molecule is Cc1c(C(=O)O)ccc2c1CC[C@@H]2NC(=O)c1cc(C(=O)NCc2ccc(N)cc2)nc2ncnn12. The summed E-state index contributed by atoms with van der Waals surface area (Å²) < 4.78 is 1.28. The number of nitrogens with zero attached hydrogens (tertiary/aromatic N) is 4. The quantitative estimate of drug-likeness (QED) is 0.301. The second-order valence-electron chi connectivity index (χ2n) is 8.60. The maximum absolute atomic E-state index is 13.3. The van der Waals surface area contributed by atoms with Crippen molar-refractivity contribution < 1.29 is 19.5 Å². The summed E-state index contributed by atoms with van der Waals surface area (Å²) in [7, 11) is 0. The van der Waals surface area contributed by atoms with Crippen molar-refractivity contribution in [2.24, 2.45) is 0 Å². The molecule has 0 spiro atoms. The lowest BCUT2D eigenvalue weighted by Gasteiger charge is -2.16. The summed E-state index contributed by atoms with van der Waals surface area (Å²) in [5.74, 6) is -1.77. The largest absolute Gasteiger partial charge is 0.478 e. The summed E-state index contributed by atoms with van der Waals surface area (Å²) in [6.07, 6.45) is 2.55. The standard InChI is InChI=1S/C25H23N7O4/c1-13-16-8-9-19(18(16)7-6-17(13)24(35)36)30-23(34)21-10-20(31-25-28-12-29-32(21)25)22(33)27-11-14-2-4-15(26)5-3-14/h2-7,10,12,19H,8-9,11,26H2,1H3,(H,27,33)(H,30,34)(H,35,36)/t19-/m0/s1. The van der Waals surface area contributed by atoms with Crippen molar-refractivity contribution in [1.29, 1.82) is 0 Å². The molecule has 11 heteroatoms. The first-order chi connectivity index (χ1) is 17.3. The molecule has 2 aromatic carbocycles. The van der Waals surface area contributed by atoms with Gasteiger partial charge in [-0.25, -0.2) is 9.78 Å². The van der Waals surface area contributed by atoms with Gasteiger partial charge in [-0.1, -0.05) is 18.2 Å². The van der Waals surface area contributed by atoms with Crippen LogP contribution in [0.25, 0.3) is 5.78 Å². The Morgan fingerprint density at radius 1 is 1.14 bits per heavy atom. The molecular weight excluding hydrogens is 462 g/mol. The highest BCUT2D eigenvalue weighted by atomic mass is 16.4. The maximum atomic E-state index is 13.3. The number of fused-ring (bicyclic) bond motifs is 2. The molecule has 2 heterocycles. The van der Waals surface area contributed by atoms with E-state index in [4.69, 9.17) is 5.73 Å². The number of hydrogen-bond acceptors (Lipinski definition) is 7. The fourth-order valence-electron chi connectivity index (χ4n) is 4.49. The molecule has 0 bridgehead atoms. The number of nitrogen functional groups attached to an aromatic ring is 1. The lowest BCUT2D eigenvalue weighted by molar-refractivity contribution is 0.0695.